The number of likely N-dealkylation sites (tertiary alicyclic amines) is 1. The molecule has 3 N–H and O–H groups in total. The van der Waals surface area contributed by atoms with E-state index in [4.69, 9.17) is 5.73 Å². The molecule has 0 amide bonds. The maximum absolute atomic E-state index is 13.7. The van der Waals surface area contributed by atoms with Crippen molar-refractivity contribution >= 4 is 10.0 Å². The molecule has 1 aromatic rings. The van der Waals surface area contributed by atoms with Crippen molar-refractivity contribution in [3.8, 4) is 0 Å². The molecule has 21 heavy (non-hydrogen) atoms. The van der Waals surface area contributed by atoms with Gasteiger partial charge in [-0.1, -0.05) is 6.07 Å². The van der Waals surface area contributed by atoms with Gasteiger partial charge in [-0.3, -0.25) is 0 Å². The van der Waals surface area contributed by atoms with Crippen LogP contribution in [0.15, 0.2) is 23.1 Å². The SMILES string of the molecule is CC(CN1CCCC1)NS(=O)(=O)c1cccc(F)c1CN. The first-order valence-corrected chi connectivity index (χ1v) is 8.64. The molecule has 1 fully saturated rings. The van der Waals surface area contributed by atoms with Gasteiger partial charge < -0.3 is 10.6 Å². The predicted molar refractivity (Wildman–Crippen MR) is 79.7 cm³/mol. The molecule has 0 saturated carbocycles. The van der Waals surface area contributed by atoms with Gasteiger partial charge in [-0.2, -0.15) is 0 Å². The Kier molecular flexibility index (Phi) is 5.32. The highest BCUT2D eigenvalue weighted by Crippen LogP contribution is 2.19. The van der Waals surface area contributed by atoms with E-state index in [1.807, 2.05) is 6.92 Å². The number of sulfonamides is 1. The molecule has 0 aromatic heterocycles. The Bertz CT molecular complexity index is 586. The summed E-state index contributed by atoms with van der Waals surface area (Å²) < 4.78 is 41.1. The zero-order valence-corrected chi connectivity index (χ0v) is 13.0. The van der Waals surface area contributed by atoms with Crippen molar-refractivity contribution in [2.24, 2.45) is 5.73 Å². The summed E-state index contributed by atoms with van der Waals surface area (Å²) in [6.45, 7) is 4.33. The van der Waals surface area contributed by atoms with E-state index in [0.717, 1.165) is 25.9 Å². The predicted octanol–water partition coefficient (Wildman–Crippen LogP) is 1.05. The summed E-state index contributed by atoms with van der Waals surface area (Å²) in [4.78, 5) is 2.15. The molecule has 118 valence electrons. The minimum absolute atomic E-state index is 0.0263. The van der Waals surface area contributed by atoms with Crippen LogP contribution in [0, 0.1) is 5.82 Å². The highest BCUT2D eigenvalue weighted by molar-refractivity contribution is 7.89. The van der Waals surface area contributed by atoms with Crippen molar-refractivity contribution in [3.63, 3.8) is 0 Å². The van der Waals surface area contributed by atoms with Gasteiger partial charge in [0.1, 0.15) is 5.82 Å². The van der Waals surface area contributed by atoms with Crippen LogP contribution in [-0.2, 0) is 16.6 Å². The smallest absolute Gasteiger partial charge is 0.241 e. The van der Waals surface area contributed by atoms with Crippen molar-refractivity contribution in [2.75, 3.05) is 19.6 Å². The maximum Gasteiger partial charge on any atom is 0.241 e. The Morgan fingerprint density at radius 3 is 2.67 bits per heavy atom. The van der Waals surface area contributed by atoms with Gasteiger partial charge in [0.25, 0.3) is 0 Å². The Morgan fingerprint density at radius 1 is 1.38 bits per heavy atom. The van der Waals surface area contributed by atoms with Crippen LogP contribution in [0.4, 0.5) is 4.39 Å². The largest absolute Gasteiger partial charge is 0.326 e. The Hall–Kier alpha value is -1.02. The number of hydrogen-bond acceptors (Lipinski definition) is 4. The molecular weight excluding hydrogens is 293 g/mol. The molecule has 1 aliphatic rings. The van der Waals surface area contributed by atoms with E-state index in [-0.39, 0.29) is 23.0 Å². The quantitative estimate of drug-likeness (QED) is 0.823. The lowest BCUT2D eigenvalue weighted by molar-refractivity contribution is 0.312. The van der Waals surface area contributed by atoms with Gasteiger partial charge in [0.05, 0.1) is 4.90 Å². The van der Waals surface area contributed by atoms with E-state index < -0.39 is 15.8 Å². The van der Waals surface area contributed by atoms with E-state index in [1.165, 1.54) is 18.2 Å². The summed E-state index contributed by atoms with van der Waals surface area (Å²) in [7, 11) is -3.76. The van der Waals surface area contributed by atoms with Gasteiger partial charge in [-0.25, -0.2) is 17.5 Å². The molecule has 2 rings (SSSR count). The average Bonchev–Trinajstić information content (AvgIpc) is 2.90. The molecule has 1 saturated heterocycles. The van der Waals surface area contributed by atoms with Crippen LogP contribution in [0.25, 0.3) is 0 Å². The molecule has 1 atom stereocenters. The fourth-order valence-corrected chi connectivity index (χ4v) is 4.20. The lowest BCUT2D eigenvalue weighted by Gasteiger charge is -2.21. The summed E-state index contributed by atoms with van der Waals surface area (Å²) in [5.74, 6) is -0.590. The van der Waals surface area contributed by atoms with Gasteiger partial charge in [-0.15, -0.1) is 0 Å². The molecule has 0 radical (unpaired) electrons. The fraction of sp³-hybridized carbons (Fsp3) is 0.571. The lowest BCUT2D eigenvalue weighted by Crippen LogP contribution is -2.41. The molecule has 0 bridgehead atoms. The number of halogens is 1. The van der Waals surface area contributed by atoms with Crippen LogP contribution in [-0.4, -0.2) is 39.0 Å². The third-order valence-electron chi connectivity index (χ3n) is 3.66. The molecule has 7 heteroatoms. The van der Waals surface area contributed by atoms with Crippen LogP contribution in [0.5, 0.6) is 0 Å². The second kappa shape index (κ2) is 6.83. The number of rotatable bonds is 6. The summed E-state index contributed by atoms with van der Waals surface area (Å²) in [6, 6.07) is 3.75. The van der Waals surface area contributed by atoms with E-state index in [0.29, 0.717) is 6.54 Å². The Morgan fingerprint density at radius 2 is 2.05 bits per heavy atom. The van der Waals surface area contributed by atoms with Gasteiger partial charge in [0.15, 0.2) is 0 Å². The highest BCUT2D eigenvalue weighted by atomic mass is 32.2. The number of nitrogens with two attached hydrogens (primary N) is 1. The van der Waals surface area contributed by atoms with Crippen LogP contribution < -0.4 is 10.5 Å². The Labute approximate surface area is 125 Å². The fourth-order valence-electron chi connectivity index (χ4n) is 2.71. The first-order valence-electron chi connectivity index (χ1n) is 7.16. The third kappa shape index (κ3) is 4.00. The maximum atomic E-state index is 13.7. The molecule has 0 aliphatic carbocycles. The molecule has 0 spiro atoms. The van der Waals surface area contributed by atoms with Crippen LogP contribution in [0.2, 0.25) is 0 Å². The highest BCUT2D eigenvalue weighted by Gasteiger charge is 2.23. The topological polar surface area (TPSA) is 75.4 Å². The normalized spacial score (nSPS) is 18.0. The molecular formula is C14H22FN3O2S. The van der Waals surface area contributed by atoms with Crippen molar-refractivity contribution in [1.82, 2.24) is 9.62 Å². The van der Waals surface area contributed by atoms with E-state index in [1.54, 1.807) is 0 Å². The number of benzene rings is 1. The first kappa shape index (κ1) is 16.4. The standard InChI is InChI=1S/C14H22FN3O2S/c1-11(10-18-7-2-3-8-18)17-21(19,20)14-6-4-5-13(15)12(14)9-16/h4-6,11,17H,2-3,7-10,16H2,1H3. The Balaban J connectivity index is 2.12. The molecule has 1 aliphatic heterocycles. The van der Waals surface area contributed by atoms with E-state index >= 15 is 0 Å². The summed E-state index contributed by atoms with van der Waals surface area (Å²) in [5, 5.41) is 0. The van der Waals surface area contributed by atoms with Gasteiger partial charge in [0, 0.05) is 24.7 Å². The van der Waals surface area contributed by atoms with Crippen molar-refractivity contribution in [3.05, 3.63) is 29.6 Å². The van der Waals surface area contributed by atoms with Crippen molar-refractivity contribution < 1.29 is 12.8 Å². The molecule has 1 heterocycles. The van der Waals surface area contributed by atoms with Gasteiger partial charge >= 0.3 is 0 Å². The lowest BCUT2D eigenvalue weighted by atomic mass is 10.2. The van der Waals surface area contributed by atoms with Crippen LogP contribution in [0.1, 0.15) is 25.3 Å². The zero-order chi connectivity index (χ0) is 15.5. The van der Waals surface area contributed by atoms with Crippen molar-refractivity contribution in [1.29, 1.82) is 0 Å². The van der Waals surface area contributed by atoms with E-state index in [9.17, 15) is 12.8 Å². The minimum atomic E-state index is -3.76. The van der Waals surface area contributed by atoms with Crippen LogP contribution >= 0.6 is 0 Å². The number of nitrogens with one attached hydrogen (secondary N) is 1. The van der Waals surface area contributed by atoms with Gasteiger partial charge in [0.2, 0.25) is 10.0 Å². The third-order valence-corrected chi connectivity index (χ3v) is 5.33. The second-order valence-corrected chi connectivity index (χ2v) is 7.13. The number of nitrogens with zero attached hydrogens (tertiary/aromatic N) is 1. The van der Waals surface area contributed by atoms with Crippen molar-refractivity contribution in [2.45, 2.75) is 37.2 Å². The summed E-state index contributed by atoms with van der Waals surface area (Å²) in [5.41, 5.74) is 5.50. The van der Waals surface area contributed by atoms with Crippen LogP contribution in [0.3, 0.4) is 0 Å². The molecule has 1 aromatic carbocycles. The second-order valence-electron chi connectivity index (χ2n) is 5.45. The van der Waals surface area contributed by atoms with E-state index in [2.05, 4.69) is 9.62 Å². The average molecular weight is 315 g/mol. The first-order chi connectivity index (χ1) is 9.94. The number of hydrogen-bond donors (Lipinski definition) is 2. The zero-order valence-electron chi connectivity index (χ0n) is 12.2. The monoisotopic (exact) mass is 315 g/mol. The summed E-state index contributed by atoms with van der Waals surface area (Å²) >= 11 is 0. The molecule has 1 unspecified atom stereocenters. The van der Waals surface area contributed by atoms with Gasteiger partial charge in [-0.05, 0) is 45.0 Å². The minimum Gasteiger partial charge on any atom is -0.326 e. The molecule has 5 nitrogen and oxygen atoms in total. The summed E-state index contributed by atoms with van der Waals surface area (Å²) in [6.07, 6.45) is 2.31.